The molecule has 0 radical (unpaired) electrons. The Morgan fingerprint density at radius 3 is 2.45 bits per heavy atom. The summed E-state index contributed by atoms with van der Waals surface area (Å²) in [6.07, 6.45) is 2.63. The number of aromatic nitrogens is 1. The van der Waals surface area contributed by atoms with E-state index in [1.165, 1.54) is 22.2 Å². The standard InChI is InChI=1S/C23H26N2O4/c1-13-5-7-18-16(9-13)17-12-15(6-8-19(17)25-18)24-23(26)14-10-20(27-2)22(29-4)21(11-14)28-3/h5,7,9-11,15,25H,6,8,12H2,1-4H3,(H,24,26). The minimum atomic E-state index is -0.145. The van der Waals surface area contributed by atoms with Gasteiger partial charge in [-0.2, -0.15) is 0 Å². The van der Waals surface area contributed by atoms with Gasteiger partial charge in [0.2, 0.25) is 5.75 Å². The Morgan fingerprint density at radius 1 is 1.07 bits per heavy atom. The number of ether oxygens (including phenoxy) is 3. The van der Waals surface area contributed by atoms with Gasteiger partial charge >= 0.3 is 0 Å². The monoisotopic (exact) mass is 394 g/mol. The second-order valence-corrected chi connectivity index (χ2v) is 7.46. The Kier molecular flexibility index (Phi) is 5.09. The van der Waals surface area contributed by atoms with Crippen molar-refractivity contribution < 1.29 is 19.0 Å². The first-order chi connectivity index (χ1) is 14.0. The molecular weight excluding hydrogens is 368 g/mol. The zero-order valence-electron chi connectivity index (χ0n) is 17.2. The van der Waals surface area contributed by atoms with Crippen molar-refractivity contribution in [2.45, 2.75) is 32.2 Å². The molecule has 1 heterocycles. The molecule has 0 saturated carbocycles. The van der Waals surface area contributed by atoms with Crippen LogP contribution in [0, 0.1) is 6.92 Å². The molecule has 1 amide bonds. The third kappa shape index (κ3) is 3.50. The van der Waals surface area contributed by atoms with Crippen LogP contribution in [-0.2, 0) is 12.8 Å². The number of nitrogens with one attached hydrogen (secondary N) is 2. The maximum atomic E-state index is 12.9. The van der Waals surface area contributed by atoms with E-state index in [4.69, 9.17) is 14.2 Å². The van der Waals surface area contributed by atoms with Crippen molar-refractivity contribution in [3.8, 4) is 17.2 Å². The number of carbonyl (C=O) groups excluding carboxylic acids is 1. The molecule has 29 heavy (non-hydrogen) atoms. The van der Waals surface area contributed by atoms with E-state index in [1.54, 1.807) is 33.5 Å². The van der Waals surface area contributed by atoms with Crippen molar-refractivity contribution in [3.63, 3.8) is 0 Å². The lowest BCUT2D eigenvalue weighted by Gasteiger charge is -2.24. The van der Waals surface area contributed by atoms with Gasteiger partial charge < -0.3 is 24.5 Å². The summed E-state index contributed by atoms with van der Waals surface area (Å²) < 4.78 is 16.1. The molecule has 0 saturated heterocycles. The van der Waals surface area contributed by atoms with Gasteiger partial charge in [0.1, 0.15) is 0 Å². The van der Waals surface area contributed by atoms with E-state index >= 15 is 0 Å². The summed E-state index contributed by atoms with van der Waals surface area (Å²) in [6.45, 7) is 2.10. The van der Waals surface area contributed by atoms with Crippen LogP contribution in [0.25, 0.3) is 10.9 Å². The van der Waals surface area contributed by atoms with Crippen LogP contribution in [-0.4, -0.2) is 38.3 Å². The van der Waals surface area contributed by atoms with Crippen LogP contribution in [0.4, 0.5) is 0 Å². The van der Waals surface area contributed by atoms with Crippen molar-refractivity contribution in [3.05, 3.63) is 52.7 Å². The highest BCUT2D eigenvalue weighted by molar-refractivity contribution is 5.96. The lowest BCUT2D eigenvalue weighted by molar-refractivity contribution is 0.0933. The molecule has 1 aromatic heterocycles. The molecule has 2 N–H and O–H groups in total. The van der Waals surface area contributed by atoms with Crippen molar-refractivity contribution in [1.82, 2.24) is 10.3 Å². The lowest BCUT2D eigenvalue weighted by Crippen LogP contribution is -2.38. The number of benzene rings is 2. The van der Waals surface area contributed by atoms with Crippen molar-refractivity contribution in [1.29, 1.82) is 0 Å². The molecule has 1 aliphatic rings. The molecule has 4 rings (SSSR count). The van der Waals surface area contributed by atoms with Crippen molar-refractivity contribution in [2.24, 2.45) is 0 Å². The summed E-state index contributed by atoms with van der Waals surface area (Å²) in [5, 5.41) is 4.44. The number of fused-ring (bicyclic) bond motifs is 3. The molecule has 6 nitrogen and oxygen atoms in total. The van der Waals surface area contributed by atoms with E-state index in [9.17, 15) is 4.79 Å². The Balaban J connectivity index is 1.57. The number of amides is 1. The van der Waals surface area contributed by atoms with E-state index in [0.29, 0.717) is 22.8 Å². The zero-order valence-corrected chi connectivity index (χ0v) is 17.2. The van der Waals surface area contributed by atoms with Crippen molar-refractivity contribution >= 4 is 16.8 Å². The zero-order chi connectivity index (χ0) is 20.5. The van der Waals surface area contributed by atoms with Crippen LogP contribution in [0.15, 0.2) is 30.3 Å². The quantitative estimate of drug-likeness (QED) is 0.691. The average molecular weight is 394 g/mol. The minimum absolute atomic E-state index is 0.0774. The van der Waals surface area contributed by atoms with Crippen LogP contribution in [0.2, 0.25) is 0 Å². The number of H-pyrrole nitrogens is 1. The molecular formula is C23H26N2O4. The number of rotatable bonds is 5. The van der Waals surface area contributed by atoms with Gasteiger partial charge in [0.05, 0.1) is 21.3 Å². The van der Waals surface area contributed by atoms with Gasteiger partial charge in [-0.1, -0.05) is 11.6 Å². The molecule has 3 aromatic rings. The molecule has 0 spiro atoms. The smallest absolute Gasteiger partial charge is 0.251 e. The van der Waals surface area contributed by atoms with E-state index < -0.39 is 0 Å². The van der Waals surface area contributed by atoms with Gasteiger partial charge in [0.25, 0.3) is 5.91 Å². The molecule has 1 atom stereocenters. The van der Waals surface area contributed by atoms with Crippen LogP contribution in [0.3, 0.4) is 0 Å². The SMILES string of the molecule is COc1cc(C(=O)NC2CCc3[nH]c4ccc(C)cc4c3C2)cc(OC)c1OC. The minimum Gasteiger partial charge on any atom is -0.493 e. The second-order valence-electron chi connectivity index (χ2n) is 7.46. The largest absolute Gasteiger partial charge is 0.493 e. The van der Waals surface area contributed by atoms with Gasteiger partial charge in [-0.05, 0) is 56.0 Å². The number of aromatic amines is 1. The maximum absolute atomic E-state index is 12.9. The molecule has 152 valence electrons. The number of hydrogen-bond acceptors (Lipinski definition) is 4. The Hall–Kier alpha value is -3.15. The molecule has 0 aliphatic heterocycles. The van der Waals surface area contributed by atoms with Gasteiger partial charge in [-0.15, -0.1) is 0 Å². The van der Waals surface area contributed by atoms with E-state index in [1.807, 2.05) is 0 Å². The summed E-state index contributed by atoms with van der Waals surface area (Å²) in [5.74, 6) is 1.27. The summed E-state index contributed by atoms with van der Waals surface area (Å²) >= 11 is 0. The van der Waals surface area contributed by atoms with Crippen molar-refractivity contribution in [2.75, 3.05) is 21.3 Å². The molecule has 1 aliphatic carbocycles. The molecule has 1 unspecified atom stereocenters. The van der Waals surface area contributed by atoms with E-state index in [-0.39, 0.29) is 11.9 Å². The summed E-state index contributed by atoms with van der Waals surface area (Å²) in [4.78, 5) is 16.5. The van der Waals surface area contributed by atoms with Crippen LogP contribution < -0.4 is 19.5 Å². The van der Waals surface area contributed by atoms with Gasteiger partial charge in [-0.3, -0.25) is 4.79 Å². The highest BCUT2D eigenvalue weighted by atomic mass is 16.5. The van der Waals surface area contributed by atoms with Gasteiger partial charge in [0, 0.05) is 28.2 Å². The first-order valence-electron chi connectivity index (χ1n) is 9.75. The van der Waals surface area contributed by atoms with E-state index in [2.05, 4.69) is 35.4 Å². The first-order valence-corrected chi connectivity index (χ1v) is 9.75. The third-order valence-electron chi connectivity index (χ3n) is 5.61. The molecule has 2 aromatic carbocycles. The van der Waals surface area contributed by atoms with Crippen LogP contribution in [0.5, 0.6) is 17.2 Å². The van der Waals surface area contributed by atoms with Crippen LogP contribution in [0.1, 0.15) is 33.6 Å². The van der Waals surface area contributed by atoms with Gasteiger partial charge in [-0.25, -0.2) is 0 Å². The van der Waals surface area contributed by atoms with Gasteiger partial charge in [0.15, 0.2) is 11.5 Å². The highest BCUT2D eigenvalue weighted by Crippen LogP contribution is 2.38. The lowest BCUT2D eigenvalue weighted by atomic mass is 9.91. The highest BCUT2D eigenvalue weighted by Gasteiger charge is 2.25. The predicted octanol–water partition coefficient (Wildman–Crippen LogP) is 3.79. The Bertz CT molecular complexity index is 1050. The summed E-state index contributed by atoms with van der Waals surface area (Å²) in [6, 6.07) is 9.91. The number of carbonyl (C=O) groups is 1. The van der Waals surface area contributed by atoms with Crippen LogP contribution >= 0.6 is 0 Å². The fourth-order valence-electron chi connectivity index (χ4n) is 4.14. The normalized spacial score (nSPS) is 15.7. The number of hydrogen-bond donors (Lipinski definition) is 2. The predicted molar refractivity (Wildman–Crippen MR) is 112 cm³/mol. The van der Waals surface area contributed by atoms with E-state index in [0.717, 1.165) is 24.8 Å². The maximum Gasteiger partial charge on any atom is 0.251 e. The topological polar surface area (TPSA) is 72.6 Å². The molecule has 0 bridgehead atoms. The first kappa shape index (κ1) is 19.2. The number of methoxy groups -OCH3 is 3. The Morgan fingerprint density at radius 2 is 1.79 bits per heavy atom. The molecule has 0 fully saturated rings. The third-order valence-corrected chi connectivity index (χ3v) is 5.61. The average Bonchev–Trinajstić information content (AvgIpc) is 3.09. The second kappa shape index (κ2) is 7.70. The summed E-state index contributed by atoms with van der Waals surface area (Å²) in [7, 11) is 4.63. The molecule has 6 heteroatoms. The number of aryl methyl sites for hydroxylation is 2. The fourth-order valence-corrected chi connectivity index (χ4v) is 4.14. The summed E-state index contributed by atoms with van der Waals surface area (Å²) in [5.41, 5.74) is 5.48. The fraction of sp³-hybridized carbons (Fsp3) is 0.348. The Labute approximate surface area is 170 Å².